The van der Waals surface area contributed by atoms with Gasteiger partial charge in [0.25, 0.3) is 0 Å². The number of rotatable bonds is 5. The summed E-state index contributed by atoms with van der Waals surface area (Å²) in [4.78, 5) is 4.31. The molecule has 1 unspecified atom stereocenters. The Morgan fingerprint density at radius 2 is 2.24 bits per heavy atom. The Bertz CT molecular complexity index is 733. The van der Waals surface area contributed by atoms with Crippen LogP contribution in [-0.4, -0.2) is 11.5 Å². The van der Waals surface area contributed by atoms with E-state index in [0.29, 0.717) is 0 Å². The molecule has 0 aliphatic carbocycles. The molecular formula is C17H17IN2S. The molecule has 0 fully saturated rings. The summed E-state index contributed by atoms with van der Waals surface area (Å²) in [5.74, 6) is 0. The molecular weight excluding hydrogens is 391 g/mol. The van der Waals surface area contributed by atoms with Gasteiger partial charge in [-0.1, -0.05) is 25.1 Å². The fraction of sp³-hybridized carbons (Fsp3) is 0.235. The van der Waals surface area contributed by atoms with Crippen molar-refractivity contribution in [2.75, 3.05) is 6.54 Å². The Balaban J connectivity index is 2.09. The topological polar surface area (TPSA) is 24.9 Å². The van der Waals surface area contributed by atoms with E-state index in [1.165, 1.54) is 24.8 Å². The maximum atomic E-state index is 4.31. The van der Waals surface area contributed by atoms with E-state index in [0.717, 1.165) is 13.0 Å². The van der Waals surface area contributed by atoms with Gasteiger partial charge < -0.3 is 5.32 Å². The summed E-state index contributed by atoms with van der Waals surface area (Å²) in [6, 6.07) is 11.1. The molecule has 4 heteroatoms. The number of pyridine rings is 1. The van der Waals surface area contributed by atoms with E-state index in [1.807, 2.05) is 12.4 Å². The lowest BCUT2D eigenvalue weighted by molar-refractivity contribution is 0.603. The van der Waals surface area contributed by atoms with Crippen molar-refractivity contribution in [3.05, 3.63) is 62.1 Å². The molecule has 2 heterocycles. The number of hydrogen-bond acceptors (Lipinski definition) is 3. The quantitative estimate of drug-likeness (QED) is 0.602. The molecule has 0 saturated carbocycles. The van der Waals surface area contributed by atoms with Crippen LogP contribution in [0.3, 0.4) is 0 Å². The van der Waals surface area contributed by atoms with Crippen LogP contribution in [0, 0.1) is 2.88 Å². The maximum absolute atomic E-state index is 4.31. The van der Waals surface area contributed by atoms with Crippen LogP contribution in [0.4, 0.5) is 0 Å². The highest BCUT2D eigenvalue weighted by molar-refractivity contribution is 14.1. The van der Waals surface area contributed by atoms with Gasteiger partial charge in [0.05, 0.1) is 8.93 Å². The first-order chi connectivity index (χ1) is 10.3. The zero-order chi connectivity index (χ0) is 14.7. The fourth-order valence-electron chi connectivity index (χ4n) is 2.56. The third kappa shape index (κ3) is 3.27. The molecule has 108 valence electrons. The highest BCUT2D eigenvalue weighted by atomic mass is 127. The largest absolute Gasteiger partial charge is 0.306 e. The Hall–Kier alpha value is -0.980. The summed E-state index contributed by atoms with van der Waals surface area (Å²) in [5, 5.41) is 8.41. The predicted molar refractivity (Wildman–Crippen MR) is 98.9 cm³/mol. The summed E-state index contributed by atoms with van der Waals surface area (Å²) in [5.41, 5.74) is 2.65. The third-order valence-electron chi connectivity index (χ3n) is 3.55. The molecule has 0 saturated heterocycles. The molecule has 21 heavy (non-hydrogen) atoms. The first kappa shape index (κ1) is 14.9. The van der Waals surface area contributed by atoms with E-state index < -0.39 is 0 Å². The summed E-state index contributed by atoms with van der Waals surface area (Å²) in [7, 11) is 0. The van der Waals surface area contributed by atoms with Gasteiger partial charge in [0.2, 0.25) is 0 Å². The van der Waals surface area contributed by atoms with Crippen molar-refractivity contribution in [2.24, 2.45) is 0 Å². The third-order valence-corrected chi connectivity index (χ3v) is 5.36. The van der Waals surface area contributed by atoms with Crippen molar-refractivity contribution < 1.29 is 0 Å². The van der Waals surface area contributed by atoms with E-state index in [4.69, 9.17) is 0 Å². The monoisotopic (exact) mass is 408 g/mol. The van der Waals surface area contributed by atoms with Crippen LogP contribution in [0.2, 0.25) is 0 Å². The summed E-state index contributed by atoms with van der Waals surface area (Å²) >= 11 is 4.18. The minimum absolute atomic E-state index is 0.234. The van der Waals surface area contributed by atoms with Crippen LogP contribution < -0.4 is 5.32 Å². The average Bonchev–Trinajstić information content (AvgIpc) is 2.94. The molecule has 2 aromatic heterocycles. The van der Waals surface area contributed by atoms with E-state index in [9.17, 15) is 0 Å². The Morgan fingerprint density at radius 3 is 3.00 bits per heavy atom. The van der Waals surface area contributed by atoms with Gasteiger partial charge in [-0.25, -0.2) is 0 Å². The summed E-state index contributed by atoms with van der Waals surface area (Å²) in [6.07, 6.45) is 4.96. The predicted octanol–water partition coefficient (Wildman–Crippen LogP) is 4.99. The fourth-order valence-corrected chi connectivity index (χ4v) is 3.96. The minimum Gasteiger partial charge on any atom is -0.306 e. The van der Waals surface area contributed by atoms with E-state index in [2.05, 4.69) is 75.5 Å². The number of hydrogen-bond donors (Lipinski definition) is 1. The van der Waals surface area contributed by atoms with Gasteiger partial charge in [-0.2, -0.15) is 0 Å². The van der Waals surface area contributed by atoms with Crippen molar-refractivity contribution in [3.63, 3.8) is 0 Å². The van der Waals surface area contributed by atoms with Gasteiger partial charge in [0.1, 0.15) is 0 Å². The molecule has 1 aromatic carbocycles. The molecule has 3 rings (SSSR count). The molecule has 0 bridgehead atoms. The van der Waals surface area contributed by atoms with E-state index in [1.54, 1.807) is 11.3 Å². The summed E-state index contributed by atoms with van der Waals surface area (Å²) in [6.45, 7) is 3.21. The first-order valence-corrected chi connectivity index (χ1v) is 9.05. The molecule has 1 N–H and O–H groups in total. The second kappa shape index (κ2) is 6.85. The van der Waals surface area contributed by atoms with Crippen molar-refractivity contribution in [3.8, 4) is 0 Å². The maximum Gasteiger partial charge on any atom is 0.0656 e. The van der Waals surface area contributed by atoms with Crippen LogP contribution >= 0.6 is 33.9 Å². The number of fused-ring (bicyclic) bond motifs is 1. The lowest BCUT2D eigenvalue weighted by Gasteiger charge is -2.20. The summed E-state index contributed by atoms with van der Waals surface area (Å²) < 4.78 is 1.32. The molecule has 0 spiro atoms. The van der Waals surface area contributed by atoms with Crippen LogP contribution in [0.1, 0.15) is 30.5 Å². The van der Waals surface area contributed by atoms with Gasteiger partial charge in [-0.05, 0) is 69.6 Å². The van der Waals surface area contributed by atoms with Crippen LogP contribution in [-0.2, 0) is 0 Å². The molecule has 0 aliphatic rings. The van der Waals surface area contributed by atoms with Gasteiger partial charge in [0, 0.05) is 17.8 Å². The lowest BCUT2D eigenvalue weighted by atomic mass is 9.96. The van der Waals surface area contributed by atoms with Gasteiger partial charge in [0.15, 0.2) is 0 Å². The van der Waals surface area contributed by atoms with Gasteiger partial charge >= 0.3 is 0 Å². The molecule has 0 aliphatic heterocycles. The number of nitrogens with one attached hydrogen (secondary N) is 1. The van der Waals surface area contributed by atoms with Crippen LogP contribution in [0.5, 0.6) is 0 Å². The standard InChI is InChI=1S/C17H17IN2S/c1-2-7-20-17(13-9-16(18)21-11-13)14-5-3-4-12-6-8-19-10-15(12)14/h3-6,8-11,17,20H,2,7H2,1H3. The normalized spacial score (nSPS) is 12.7. The van der Waals surface area contributed by atoms with E-state index >= 15 is 0 Å². The first-order valence-electron chi connectivity index (χ1n) is 7.09. The Morgan fingerprint density at radius 1 is 1.33 bits per heavy atom. The lowest BCUT2D eigenvalue weighted by Crippen LogP contribution is -2.23. The molecule has 2 nitrogen and oxygen atoms in total. The number of benzene rings is 1. The molecule has 3 aromatic rings. The SMILES string of the molecule is CCCNC(c1csc(I)c1)c1cccc2ccncc12. The Labute approximate surface area is 142 Å². The van der Waals surface area contributed by atoms with E-state index in [-0.39, 0.29) is 6.04 Å². The van der Waals surface area contributed by atoms with Crippen molar-refractivity contribution in [1.82, 2.24) is 10.3 Å². The smallest absolute Gasteiger partial charge is 0.0656 e. The second-order valence-corrected chi connectivity index (χ2v) is 7.82. The second-order valence-electron chi connectivity index (χ2n) is 5.02. The molecule has 0 amide bonds. The van der Waals surface area contributed by atoms with Gasteiger partial charge in [-0.3, -0.25) is 4.98 Å². The number of halogens is 1. The van der Waals surface area contributed by atoms with Crippen LogP contribution in [0.25, 0.3) is 10.8 Å². The van der Waals surface area contributed by atoms with Gasteiger partial charge in [-0.15, -0.1) is 11.3 Å². The average molecular weight is 408 g/mol. The van der Waals surface area contributed by atoms with Crippen molar-refractivity contribution in [1.29, 1.82) is 0 Å². The number of thiophene rings is 1. The zero-order valence-electron chi connectivity index (χ0n) is 11.8. The highest BCUT2D eigenvalue weighted by Crippen LogP contribution is 2.31. The van der Waals surface area contributed by atoms with Crippen molar-refractivity contribution >= 4 is 44.7 Å². The molecule has 1 atom stereocenters. The number of nitrogens with zero attached hydrogens (tertiary/aromatic N) is 1. The molecule has 0 radical (unpaired) electrons. The minimum atomic E-state index is 0.234. The zero-order valence-corrected chi connectivity index (χ0v) is 14.8. The highest BCUT2D eigenvalue weighted by Gasteiger charge is 2.17. The Kier molecular flexibility index (Phi) is 4.87. The number of aromatic nitrogens is 1. The van der Waals surface area contributed by atoms with Crippen molar-refractivity contribution in [2.45, 2.75) is 19.4 Å². The van der Waals surface area contributed by atoms with Crippen LogP contribution in [0.15, 0.2) is 48.1 Å².